The summed E-state index contributed by atoms with van der Waals surface area (Å²) in [6.07, 6.45) is 0.253. The van der Waals surface area contributed by atoms with Crippen LogP contribution in [-0.4, -0.2) is 38.6 Å². The summed E-state index contributed by atoms with van der Waals surface area (Å²) in [5.41, 5.74) is -0.755. The van der Waals surface area contributed by atoms with Crippen molar-refractivity contribution in [3.05, 3.63) is 51.9 Å². The van der Waals surface area contributed by atoms with E-state index in [1.54, 1.807) is 0 Å². The number of ether oxygens (including phenoxy) is 1. The summed E-state index contributed by atoms with van der Waals surface area (Å²) in [5.74, 6) is -2.42. The van der Waals surface area contributed by atoms with Crippen molar-refractivity contribution in [1.29, 1.82) is 0 Å². The average molecular weight is 436 g/mol. The van der Waals surface area contributed by atoms with Crippen LogP contribution in [0.3, 0.4) is 0 Å². The number of nitrogens with one attached hydrogen (secondary N) is 1. The summed E-state index contributed by atoms with van der Waals surface area (Å²) in [6, 6.07) is 4.78. The zero-order chi connectivity index (χ0) is 21.0. The average Bonchev–Trinajstić information content (AvgIpc) is 3.17. The molecule has 0 aliphatic heterocycles. The molecule has 3 rings (SSSR count). The summed E-state index contributed by atoms with van der Waals surface area (Å²) in [4.78, 5) is 43.1. The van der Waals surface area contributed by atoms with E-state index in [0.29, 0.717) is 5.03 Å². The van der Waals surface area contributed by atoms with Gasteiger partial charge in [0, 0.05) is 17.1 Å². The second kappa shape index (κ2) is 8.92. The number of aromatic nitrogens is 2. The number of nitro groups is 1. The van der Waals surface area contributed by atoms with Crippen LogP contribution in [0.15, 0.2) is 41.0 Å². The van der Waals surface area contributed by atoms with Gasteiger partial charge in [-0.05, 0) is 30.5 Å². The van der Waals surface area contributed by atoms with E-state index in [4.69, 9.17) is 4.74 Å². The fourth-order valence-corrected chi connectivity index (χ4v) is 3.83. The molecule has 0 saturated carbocycles. The summed E-state index contributed by atoms with van der Waals surface area (Å²) < 4.78 is 18.4. The highest BCUT2D eigenvalue weighted by Gasteiger charge is 2.21. The molecule has 150 valence electrons. The molecule has 12 heteroatoms. The maximum Gasteiger partial charge on any atom is 0.317 e. The van der Waals surface area contributed by atoms with E-state index in [0.717, 1.165) is 34.1 Å². The molecule has 0 unspecified atom stereocenters. The summed E-state index contributed by atoms with van der Waals surface area (Å²) in [7, 11) is 0. The normalized spacial score (nSPS) is 11.8. The van der Waals surface area contributed by atoms with Crippen molar-refractivity contribution in [2.45, 2.75) is 18.1 Å². The number of nitrogens with zero attached hydrogens (tertiary/aromatic N) is 3. The molecule has 1 atom stereocenters. The third kappa shape index (κ3) is 5.03. The maximum atomic E-state index is 13.4. The number of fused-ring (bicyclic) bond motifs is 1. The molecule has 0 radical (unpaired) electrons. The third-order valence-corrected chi connectivity index (χ3v) is 5.44. The third-order valence-electron chi connectivity index (χ3n) is 3.64. The molecule has 0 fully saturated rings. The molecule has 0 bridgehead atoms. The van der Waals surface area contributed by atoms with Crippen molar-refractivity contribution in [3.8, 4) is 0 Å². The number of rotatable bonds is 7. The highest BCUT2D eigenvalue weighted by Crippen LogP contribution is 2.27. The van der Waals surface area contributed by atoms with Crippen molar-refractivity contribution in [3.63, 3.8) is 0 Å². The number of carbonyl (C=O) groups is 2. The minimum atomic E-state index is -1.15. The van der Waals surface area contributed by atoms with Crippen molar-refractivity contribution < 1.29 is 23.6 Å². The number of carbonyl (C=O) groups excluding carboxylic acids is 2. The first-order valence-corrected chi connectivity index (χ1v) is 9.97. The first-order valence-electron chi connectivity index (χ1n) is 8.10. The Morgan fingerprint density at radius 3 is 2.93 bits per heavy atom. The fraction of sp³-hybridized carbons (Fsp3) is 0.176. The largest absolute Gasteiger partial charge is 0.452 e. The van der Waals surface area contributed by atoms with E-state index < -0.39 is 34.4 Å². The van der Waals surface area contributed by atoms with Gasteiger partial charge < -0.3 is 10.1 Å². The Kier molecular flexibility index (Phi) is 6.34. The maximum absolute atomic E-state index is 13.4. The number of thiophene rings is 1. The van der Waals surface area contributed by atoms with E-state index in [1.807, 2.05) is 11.4 Å². The van der Waals surface area contributed by atoms with Crippen molar-refractivity contribution >= 4 is 56.6 Å². The van der Waals surface area contributed by atoms with Gasteiger partial charge >= 0.3 is 11.7 Å². The molecule has 0 saturated heterocycles. The van der Waals surface area contributed by atoms with Crippen LogP contribution in [0.2, 0.25) is 0 Å². The topological polar surface area (TPSA) is 124 Å². The molecule has 9 nitrogen and oxygen atoms in total. The number of anilines is 1. The number of esters is 1. The molecule has 29 heavy (non-hydrogen) atoms. The monoisotopic (exact) mass is 436 g/mol. The second-order valence-corrected chi connectivity index (χ2v) is 7.51. The van der Waals surface area contributed by atoms with Crippen LogP contribution in [0.5, 0.6) is 0 Å². The number of nitro benzene ring substituents is 1. The summed E-state index contributed by atoms with van der Waals surface area (Å²) in [6.45, 7) is 1.36. The lowest BCUT2D eigenvalue weighted by atomic mass is 10.2. The highest BCUT2D eigenvalue weighted by atomic mass is 32.2. The predicted molar refractivity (Wildman–Crippen MR) is 105 cm³/mol. The Balaban J connectivity index is 1.55. The highest BCUT2D eigenvalue weighted by molar-refractivity contribution is 8.00. The van der Waals surface area contributed by atoms with E-state index in [2.05, 4.69) is 15.3 Å². The molecule has 2 heterocycles. The van der Waals surface area contributed by atoms with Crippen molar-refractivity contribution in [2.75, 3.05) is 11.1 Å². The van der Waals surface area contributed by atoms with Gasteiger partial charge in [0.05, 0.1) is 10.7 Å². The Morgan fingerprint density at radius 2 is 2.17 bits per heavy atom. The first-order chi connectivity index (χ1) is 13.8. The Labute approximate surface area is 171 Å². The van der Waals surface area contributed by atoms with Gasteiger partial charge in [0.2, 0.25) is 5.82 Å². The molecule has 1 N–H and O–H groups in total. The molecule has 3 aromatic rings. The molecule has 0 aliphatic carbocycles. The van der Waals surface area contributed by atoms with Crippen LogP contribution in [-0.2, 0) is 14.3 Å². The van der Waals surface area contributed by atoms with Crippen molar-refractivity contribution in [1.82, 2.24) is 9.97 Å². The van der Waals surface area contributed by atoms with E-state index >= 15 is 0 Å². The van der Waals surface area contributed by atoms with Gasteiger partial charge in [-0.25, -0.2) is 9.97 Å². The summed E-state index contributed by atoms with van der Waals surface area (Å²) >= 11 is 2.62. The van der Waals surface area contributed by atoms with Gasteiger partial charge in [-0.2, -0.15) is 4.39 Å². The fourth-order valence-electron chi connectivity index (χ4n) is 2.27. The Morgan fingerprint density at radius 1 is 1.38 bits per heavy atom. The Hall–Kier alpha value is -3.12. The van der Waals surface area contributed by atoms with Crippen LogP contribution in [0.25, 0.3) is 10.2 Å². The zero-order valence-corrected chi connectivity index (χ0v) is 16.5. The van der Waals surface area contributed by atoms with Crippen LogP contribution in [0, 0.1) is 15.9 Å². The minimum absolute atomic E-state index is 0.0150. The van der Waals surface area contributed by atoms with Crippen LogP contribution >= 0.6 is 23.1 Å². The molecule has 1 amide bonds. The lowest BCUT2D eigenvalue weighted by molar-refractivity contribution is -0.387. The van der Waals surface area contributed by atoms with Crippen LogP contribution < -0.4 is 5.32 Å². The Bertz CT molecular complexity index is 1090. The van der Waals surface area contributed by atoms with Crippen LogP contribution in [0.1, 0.15) is 6.92 Å². The second-order valence-electron chi connectivity index (χ2n) is 5.65. The molecule has 1 aromatic carbocycles. The smallest absolute Gasteiger partial charge is 0.317 e. The minimum Gasteiger partial charge on any atom is -0.452 e. The molecule has 0 spiro atoms. The van der Waals surface area contributed by atoms with Crippen molar-refractivity contribution in [2.24, 2.45) is 0 Å². The molecule has 2 aromatic heterocycles. The first kappa shape index (κ1) is 20.6. The van der Waals surface area contributed by atoms with Gasteiger partial charge in [-0.15, -0.1) is 11.3 Å². The lowest BCUT2D eigenvalue weighted by Gasteiger charge is -2.13. The number of hydrogen-bond donors (Lipinski definition) is 1. The zero-order valence-electron chi connectivity index (χ0n) is 14.8. The van der Waals surface area contributed by atoms with Gasteiger partial charge in [0.25, 0.3) is 5.91 Å². The summed E-state index contributed by atoms with van der Waals surface area (Å²) in [5, 5.41) is 16.4. The number of benzene rings is 1. The van der Waals surface area contributed by atoms with Gasteiger partial charge in [0.1, 0.15) is 16.2 Å². The van der Waals surface area contributed by atoms with E-state index in [9.17, 15) is 24.1 Å². The van der Waals surface area contributed by atoms with Gasteiger partial charge in [-0.3, -0.25) is 19.7 Å². The predicted octanol–water partition coefficient (Wildman–Crippen LogP) is 3.40. The van der Waals surface area contributed by atoms with Gasteiger partial charge in [0.15, 0.2) is 6.10 Å². The number of amides is 1. The standard InChI is InChI=1S/C17H13FN4O5S2/c1-9(15(24)21-10-2-3-12(18)13(6-10)22(25)26)27-14(23)7-29-17-11-4-5-28-16(11)19-8-20-17/h2-6,8-9H,7H2,1H3,(H,21,24)/t9-/m0/s1. The number of halogens is 1. The molecule has 0 aliphatic rings. The van der Waals surface area contributed by atoms with E-state index in [-0.39, 0.29) is 11.4 Å². The quantitative estimate of drug-likeness (QED) is 0.196. The van der Waals surface area contributed by atoms with E-state index in [1.165, 1.54) is 30.7 Å². The lowest BCUT2D eigenvalue weighted by Crippen LogP contribution is -2.30. The number of thioether (sulfide) groups is 1. The van der Waals surface area contributed by atoms with Crippen LogP contribution in [0.4, 0.5) is 15.8 Å². The molecular weight excluding hydrogens is 423 g/mol. The van der Waals surface area contributed by atoms with Gasteiger partial charge in [-0.1, -0.05) is 11.8 Å². The SMILES string of the molecule is C[C@H](OC(=O)CSc1ncnc2sccc12)C(=O)Nc1ccc(F)c([N+](=O)[O-])c1. The number of hydrogen-bond acceptors (Lipinski definition) is 9. The molecular formula is C17H13FN4O5S2.